The second-order valence-electron chi connectivity index (χ2n) is 4.23. The summed E-state index contributed by atoms with van der Waals surface area (Å²) in [5.41, 5.74) is 1.09. The molecule has 0 bridgehead atoms. The molecule has 0 saturated heterocycles. The van der Waals surface area contributed by atoms with E-state index in [1.54, 1.807) is 19.1 Å². The van der Waals surface area contributed by atoms with E-state index in [-0.39, 0.29) is 18.1 Å². The summed E-state index contributed by atoms with van der Waals surface area (Å²) in [4.78, 5) is 10.5. The summed E-state index contributed by atoms with van der Waals surface area (Å²) >= 11 is 3.19. The van der Waals surface area contributed by atoms with Crippen molar-refractivity contribution in [2.45, 2.75) is 13.5 Å². The summed E-state index contributed by atoms with van der Waals surface area (Å²) < 4.78 is 19.1. The first-order valence-corrected chi connectivity index (χ1v) is 6.58. The molecule has 0 aliphatic heterocycles. The van der Waals surface area contributed by atoms with Crippen molar-refractivity contribution in [1.29, 1.82) is 0 Å². The Labute approximate surface area is 123 Å². The summed E-state index contributed by atoms with van der Waals surface area (Å²) in [7, 11) is 0. The van der Waals surface area contributed by atoms with E-state index in [0.717, 1.165) is 0 Å². The quantitative estimate of drug-likeness (QED) is 0.613. The Morgan fingerprint density at radius 3 is 2.70 bits per heavy atom. The Morgan fingerprint density at radius 1 is 1.30 bits per heavy atom. The molecule has 0 aliphatic carbocycles. The third kappa shape index (κ3) is 3.33. The zero-order valence-corrected chi connectivity index (χ0v) is 12.2. The van der Waals surface area contributed by atoms with Gasteiger partial charge in [-0.2, -0.15) is 0 Å². The van der Waals surface area contributed by atoms with Crippen LogP contribution in [0.2, 0.25) is 0 Å². The van der Waals surface area contributed by atoms with E-state index in [0.29, 0.717) is 21.3 Å². The van der Waals surface area contributed by atoms with Crippen molar-refractivity contribution in [3.8, 4) is 5.75 Å². The number of hydrogen-bond donors (Lipinski definition) is 0. The first-order chi connectivity index (χ1) is 9.47. The van der Waals surface area contributed by atoms with E-state index < -0.39 is 4.92 Å². The van der Waals surface area contributed by atoms with Crippen LogP contribution in [-0.4, -0.2) is 4.92 Å². The van der Waals surface area contributed by atoms with Crippen LogP contribution in [0.15, 0.2) is 40.9 Å². The molecule has 0 saturated carbocycles. The van der Waals surface area contributed by atoms with Gasteiger partial charge in [0.15, 0.2) is 0 Å². The van der Waals surface area contributed by atoms with Crippen LogP contribution >= 0.6 is 15.9 Å². The second kappa shape index (κ2) is 6.00. The van der Waals surface area contributed by atoms with Gasteiger partial charge in [-0.1, -0.05) is 15.9 Å². The fourth-order valence-electron chi connectivity index (χ4n) is 1.76. The molecule has 0 fully saturated rings. The van der Waals surface area contributed by atoms with Gasteiger partial charge < -0.3 is 4.74 Å². The zero-order chi connectivity index (χ0) is 14.7. The second-order valence-corrected chi connectivity index (χ2v) is 5.14. The number of rotatable bonds is 4. The third-order valence-electron chi connectivity index (χ3n) is 2.76. The van der Waals surface area contributed by atoms with Gasteiger partial charge in [0.1, 0.15) is 18.2 Å². The Hall–Kier alpha value is -1.95. The fraction of sp³-hybridized carbons (Fsp3) is 0.143. The lowest BCUT2D eigenvalue weighted by molar-refractivity contribution is -0.385. The SMILES string of the molecule is Cc1cc(F)ccc1OCc1ccc(Br)cc1[N+](=O)[O-]. The maximum atomic E-state index is 13.0. The van der Waals surface area contributed by atoms with Crippen molar-refractivity contribution in [2.24, 2.45) is 0 Å². The molecule has 0 aromatic heterocycles. The smallest absolute Gasteiger partial charge is 0.277 e. The maximum absolute atomic E-state index is 13.0. The number of aryl methyl sites for hydroxylation is 1. The number of ether oxygens (including phenoxy) is 1. The van der Waals surface area contributed by atoms with E-state index in [2.05, 4.69) is 15.9 Å². The van der Waals surface area contributed by atoms with Crippen molar-refractivity contribution < 1.29 is 14.1 Å². The predicted molar refractivity (Wildman–Crippen MR) is 76.3 cm³/mol. The Bertz CT molecular complexity index is 661. The fourth-order valence-corrected chi connectivity index (χ4v) is 2.11. The summed E-state index contributed by atoms with van der Waals surface area (Å²) in [6, 6.07) is 8.92. The lowest BCUT2D eigenvalue weighted by Crippen LogP contribution is -2.01. The molecule has 2 aromatic rings. The molecule has 0 atom stereocenters. The third-order valence-corrected chi connectivity index (χ3v) is 3.26. The van der Waals surface area contributed by atoms with Crippen molar-refractivity contribution >= 4 is 21.6 Å². The summed E-state index contributed by atoms with van der Waals surface area (Å²) in [5, 5.41) is 11.0. The van der Waals surface area contributed by atoms with Crippen molar-refractivity contribution in [3.63, 3.8) is 0 Å². The minimum absolute atomic E-state index is 0.0147. The van der Waals surface area contributed by atoms with Gasteiger partial charge in [-0.15, -0.1) is 0 Å². The molecule has 0 N–H and O–H groups in total. The minimum atomic E-state index is -0.457. The van der Waals surface area contributed by atoms with Gasteiger partial charge in [-0.25, -0.2) is 4.39 Å². The molecular formula is C14H11BrFNO3. The van der Waals surface area contributed by atoms with Gasteiger partial charge in [0.05, 0.1) is 10.5 Å². The van der Waals surface area contributed by atoms with Crippen LogP contribution in [0.5, 0.6) is 5.75 Å². The highest BCUT2D eigenvalue weighted by Crippen LogP contribution is 2.26. The first-order valence-electron chi connectivity index (χ1n) is 5.79. The van der Waals surface area contributed by atoms with Gasteiger partial charge in [0.2, 0.25) is 0 Å². The highest BCUT2D eigenvalue weighted by atomic mass is 79.9. The number of nitro benzene ring substituents is 1. The van der Waals surface area contributed by atoms with Gasteiger partial charge in [0, 0.05) is 10.5 Å². The van der Waals surface area contributed by atoms with Crippen LogP contribution in [0, 0.1) is 22.9 Å². The summed E-state index contributed by atoms with van der Waals surface area (Å²) in [5.74, 6) is 0.160. The minimum Gasteiger partial charge on any atom is -0.488 e. The van der Waals surface area contributed by atoms with E-state index in [4.69, 9.17) is 4.74 Å². The maximum Gasteiger partial charge on any atom is 0.277 e. The molecule has 6 heteroatoms. The highest BCUT2D eigenvalue weighted by molar-refractivity contribution is 9.10. The van der Waals surface area contributed by atoms with Crippen molar-refractivity contribution in [2.75, 3.05) is 0 Å². The Morgan fingerprint density at radius 2 is 2.05 bits per heavy atom. The van der Waals surface area contributed by atoms with Crippen LogP contribution in [0.3, 0.4) is 0 Å². The van der Waals surface area contributed by atoms with Gasteiger partial charge in [-0.05, 0) is 42.8 Å². The molecular weight excluding hydrogens is 329 g/mol. The van der Waals surface area contributed by atoms with Crippen LogP contribution < -0.4 is 4.74 Å². The molecule has 20 heavy (non-hydrogen) atoms. The van der Waals surface area contributed by atoms with Gasteiger partial charge in [-0.3, -0.25) is 10.1 Å². The molecule has 0 unspecified atom stereocenters. The average molecular weight is 340 g/mol. The Balaban J connectivity index is 2.20. The van der Waals surface area contributed by atoms with E-state index in [1.165, 1.54) is 24.3 Å². The van der Waals surface area contributed by atoms with E-state index >= 15 is 0 Å². The monoisotopic (exact) mass is 339 g/mol. The summed E-state index contributed by atoms with van der Waals surface area (Å²) in [6.07, 6.45) is 0. The molecule has 2 rings (SSSR count). The molecule has 0 radical (unpaired) electrons. The van der Waals surface area contributed by atoms with Crippen LogP contribution in [0.4, 0.5) is 10.1 Å². The number of halogens is 2. The topological polar surface area (TPSA) is 52.4 Å². The van der Waals surface area contributed by atoms with Crippen molar-refractivity contribution in [3.05, 3.63) is 67.9 Å². The lowest BCUT2D eigenvalue weighted by Gasteiger charge is -2.09. The molecule has 4 nitrogen and oxygen atoms in total. The van der Waals surface area contributed by atoms with Crippen LogP contribution in [-0.2, 0) is 6.61 Å². The Kier molecular flexibility index (Phi) is 4.34. The standard InChI is InChI=1S/C14H11BrFNO3/c1-9-6-12(16)4-5-14(9)20-8-10-2-3-11(15)7-13(10)17(18)19/h2-7H,8H2,1H3. The van der Waals surface area contributed by atoms with Crippen LogP contribution in [0.1, 0.15) is 11.1 Å². The summed E-state index contributed by atoms with van der Waals surface area (Å²) in [6.45, 7) is 1.77. The number of benzene rings is 2. The molecule has 0 spiro atoms. The first kappa shape index (κ1) is 14.5. The molecule has 0 aliphatic rings. The zero-order valence-electron chi connectivity index (χ0n) is 10.6. The van der Waals surface area contributed by atoms with E-state index in [1.807, 2.05) is 0 Å². The normalized spacial score (nSPS) is 10.3. The molecule has 104 valence electrons. The predicted octanol–water partition coefficient (Wildman–Crippen LogP) is 4.38. The highest BCUT2D eigenvalue weighted by Gasteiger charge is 2.15. The average Bonchev–Trinajstić information content (AvgIpc) is 2.38. The number of hydrogen-bond acceptors (Lipinski definition) is 3. The number of nitro groups is 1. The van der Waals surface area contributed by atoms with E-state index in [9.17, 15) is 14.5 Å². The lowest BCUT2D eigenvalue weighted by atomic mass is 10.2. The molecule has 0 amide bonds. The number of nitrogens with zero attached hydrogens (tertiary/aromatic N) is 1. The van der Waals surface area contributed by atoms with Crippen LogP contribution in [0.25, 0.3) is 0 Å². The molecule has 2 aromatic carbocycles. The van der Waals surface area contributed by atoms with Crippen molar-refractivity contribution in [1.82, 2.24) is 0 Å². The largest absolute Gasteiger partial charge is 0.488 e. The molecule has 0 heterocycles. The van der Waals surface area contributed by atoms with Gasteiger partial charge in [0.25, 0.3) is 5.69 Å². The van der Waals surface area contributed by atoms with Gasteiger partial charge >= 0.3 is 0 Å².